The molecule has 0 N–H and O–H groups in total. The summed E-state index contributed by atoms with van der Waals surface area (Å²) in [6.45, 7) is 69.1. The summed E-state index contributed by atoms with van der Waals surface area (Å²) in [5, 5.41) is 6.34. The SMILES string of the molecule is CC(C)[PH+](c1ccccc1B1c2ccccc2[B-](O[Si](C(C)C)(C(C)C)C(C)C)(c2ccccc2[PH+](C(C)C)C(C)C)c2ccccc21)C(C)C.CC(C)[PH+](c1ccccc1B1c2ccccc2[B-](O[Si](C(C)C)(C(C)C)C(C)C)(c2ccccc2[PH+](C(C)C)C(C)C)c2ccccc21)C(C)C.[Au+].[Au+]. The molecule has 8 aromatic rings. The zero-order valence-electron chi connectivity index (χ0n) is 69.3. The van der Waals surface area contributed by atoms with Crippen LogP contribution in [0.5, 0.6) is 0 Å². The zero-order chi connectivity index (χ0) is 74.8. The summed E-state index contributed by atoms with van der Waals surface area (Å²) in [7, 11) is -8.41. The Morgan fingerprint density at radius 2 is 0.385 bits per heavy atom. The summed E-state index contributed by atoms with van der Waals surface area (Å²) in [6, 6.07) is 76.4. The van der Waals surface area contributed by atoms with Crippen LogP contribution in [0.25, 0.3) is 0 Å². The normalized spacial score (nSPS) is 14.4. The van der Waals surface area contributed by atoms with Crippen molar-refractivity contribution in [2.24, 2.45) is 0 Å². The molecule has 0 aliphatic carbocycles. The molecule has 0 aromatic heterocycles. The van der Waals surface area contributed by atoms with E-state index in [9.17, 15) is 0 Å². The van der Waals surface area contributed by atoms with Crippen LogP contribution in [0.1, 0.15) is 194 Å². The van der Waals surface area contributed by atoms with E-state index in [0.717, 1.165) is 0 Å². The smallest absolute Gasteiger partial charge is 0.624 e. The van der Waals surface area contributed by atoms with Crippen LogP contribution in [0.2, 0.25) is 33.2 Å². The van der Waals surface area contributed by atoms with Crippen LogP contribution in [0.3, 0.4) is 0 Å². The molecule has 0 fully saturated rings. The number of benzene rings is 8. The minimum absolute atomic E-state index is 0. The Balaban J connectivity index is 0.000000285. The largest absolute Gasteiger partial charge is 1.00 e. The van der Waals surface area contributed by atoms with Gasteiger partial charge in [0.05, 0.1) is 66.5 Å². The molecule has 0 spiro atoms. The summed E-state index contributed by atoms with van der Waals surface area (Å²) < 4.78 is 17.2. The number of fused-ring (bicyclic) bond motifs is 4. The topological polar surface area (TPSA) is 18.5 Å². The molecule has 0 radical (unpaired) electrons. The van der Waals surface area contributed by atoms with Gasteiger partial charge in [-0.25, -0.2) is 0 Å². The molecular weight excluding hydrogens is 1730 g/mol. The van der Waals surface area contributed by atoms with E-state index in [1.54, 1.807) is 21.2 Å². The van der Waals surface area contributed by atoms with Gasteiger partial charge in [0, 0.05) is 31.7 Å². The van der Waals surface area contributed by atoms with Gasteiger partial charge < -0.3 is 8.69 Å². The van der Waals surface area contributed by atoms with Gasteiger partial charge in [-0.1, -0.05) is 253 Å². The Morgan fingerprint density at radius 3 is 0.587 bits per heavy atom. The Kier molecular flexibility index (Phi) is 31.8. The maximum atomic E-state index is 8.60. The number of hydrogen-bond donors (Lipinski definition) is 0. The van der Waals surface area contributed by atoms with Crippen LogP contribution in [-0.4, -0.2) is 88.0 Å². The molecule has 0 saturated heterocycles. The Morgan fingerprint density at radius 1 is 0.221 bits per heavy atom. The molecule has 2 heterocycles. The molecule has 8 aromatic carbocycles. The Hall–Kier alpha value is -2.43. The van der Waals surface area contributed by atoms with Gasteiger partial charge in [-0.3, -0.25) is 0 Å². The third kappa shape index (κ3) is 16.6. The molecule has 0 saturated carbocycles. The van der Waals surface area contributed by atoms with Crippen molar-refractivity contribution in [2.45, 2.75) is 272 Å². The predicted octanol–water partition coefficient (Wildman–Crippen LogP) is 16.0. The van der Waals surface area contributed by atoms with Crippen LogP contribution < -0.4 is 86.8 Å². The fourth-order valence-corrected chi connectivity index (χ4v) is 47.2. The number of rotatable bonds is 26. The van der Waals surface area contributed by atoms with Crippen molar-refractivity contribution in [1.82, 2.24) is 0 Å². The molecule has 14 heteroatoms. The first-order valence-electron chi connectivity index (χ1n) is 40.2. The molecule has 0 bridgehead atoms. The molecule has 2 aliphatic heterocycles. The minimum Gasteiger partial charge on any atom is -0.624 e. The van der Waals surface area contributed by atoms with Gasteiger partial charge in [-0.2, -0.15) is 21.9 Å². The molecule has 0 unspecified atom stereocenters. The second kappa shape index (κ2) is 37.3. The molecule has 564 valence electrons. The fourth-order valence-electron chi connectivity index (χ4n) is 21.8. The van der Waals surface area contributed by atoms with Crippen molar-refractivity contribution in [3.05, 3.63) is 194 Å². The molecule has 0 atom stereocenters. The van der Waals surface area contributed by atoms with Gasteiger partial charge in [-0.15, -0.1) is 32.8 Å². The number of hydrogen-bond acceptors (Lipinski definition) is 2. The monoisotopic (exact) mass is 1860 g/mol. The molecule has 10 rings (SSSR count). The van der Waals surface area contributed by atoms with Crippen LogP contribution in [0, 0.1) is 0 Å². The second-order valence-electron chi connectivity index (χ2n) is 35.2. The minimum atomic E-state index is -2.43. The van der Waals surface area contributed by atoms with E-state index in [2.05, 4.69) is 388 Å². The average molecular weight is 1870 g/mol. The van der Waals surface area contributed by atoms with E-state index in [4.69, 9.17) is 8.69 Å². The quantitative estimate of drug-likeness (QED) is 0.0397. The molecule has 104 heavy (non-hydrogen) atoms. The van der Waals surface area contributed by atoms with E-state index in [-0.39, 0.29) is 58.2 Å². The predicted molar refractivity (Wildman–Crippen MR) is 487 cm³/mol. The van der Waals surface area contributed by atoms with Gasteiger partial charge >= 0.3 is 44.8 Å². The third-order valence-corrected chi connectivity index (χ3v) is 51.3. The first-order chi connectivity index (χ1) is 48.2. The summed E-state index contributed by atoms with van der Waals surface area (Å²) in [4.78, 5) is 0. The van der Waals surface area contributed by atoms with Crippen molar-refractivity contribution < 1.29 is 53.4 Å². The summed E-state index contributed by atoms with van der Waals surface area (Å²) in [5.74, 6) is 0. The van der Waals surface area contributed by atoms with Gasteiger partial charge in [0.1, 0.15) is 0 Å². The fraction of sp³-hybridized carbons (Fsp3) is 0.467. The third-order valence-electron chi connectivity index (χ3n) is 24.7. The molecule has 0 amide bonds. The van der Waals surface area contributed by atoms with Crippen molar-refractivity contribution in [2.75, 3.05) is 0 Å². The van der Waals surface area contributed by atoms with Crippen LogP contribution in [0.4, 0.5) is 0 Å². The first kappa shape index (κ1) is 88.8. The van der Waals surface area contributed by atoms with Gasteiger partial charge in [0.2, 0.25) is 13.4 Å². The van der Waals surface area contributed by atoms with E-state index >= 15 is 0 Å². The second-order valence-corrected chi connectivity index (χ2v) is 61.1. The zero-order valence-corrected chi connectivity index (χ0v) is 79.6. The first-order valence-corrected chi connectivity index (χ1v) is 51.1. The standard InChI is InChI=1S/2C45H65B2OP2Si.2Au/c2*1-31(2)49(32(3)4)44-29-21-17-25-40(44)46-38-23-15-18-26-41(38)47(42-27-19-16-24-39(42)46,48-51(35(9)10,36(11)12)37(13)14)43-28-20-22-30-45(43)50(33(5)6)34(7)8;;/h2*15-37H,1-14H3;;/q2*-1;2*+1/p+4. The van der Waals surface area contributed by atoms with E-state index in [1.807, 2.05) is 0 Å². The van der Waals surface area contributed by atoms with Crippen molar-refractivity contribution in [1.29, 1.82) is 0 Å². The van der Waals surface area contributed by atoms with Crippen molar-refractivity contribution in [3.63, 3.8) is 0 Å². The Bertz CT molecular complexity index is 3670. The molecule has 2 aliphatic rings. The summed E-state index contributed by atoms with van der Waals surface area (Å²) in [5.41, 5.74) is 25.1. The van der Waals surface area contributed by atoms with Gasteiger partial charge in [0.15, 0.2) is 29.3 Å². The molecule has 2 nitrogen and oxygen atoms in total. The van der Waals surface area contributed by atoms with Gasteiger partial charge in [-0.05, 0) is 179 Å². The maximum absolute atomic E-state index is 8.60. The van der Waals surface area contributed by atoms with Crippen LogP contribution in [0.15, 0.2) is 194 Å². The molecular formula is C90H134Au2B4O2P4Si2+4. The van der Waals surface area contributed by atoms with E-state index in [1.165, 1.54) is 65.6 Å². The Labute approximate surface area is 675 Å². The van der Waals surface area contributed by atoms with Crippen molar-refractivity contribution in [3.8, 4) is 0 Å². The average Bonchev–Trinajstić information content (AvgIpc) is 0.697. The van der Waals surface area contributed by atoms with Crippen LogP contribution in [-0.2, 0) is 53.4 Å². The summed E-state index contributed by atoms with van der Waals surface area (Å²) >= 11 is 0. The maximum Gasteiger partial charge on any atom is 1.00 e. The van der Waals surface area contributed by atoms with Crippen LogP contribution >= 0.6 is 31.7 Å². The van der Waals surface area contributed by atoms with E-state index in [0.29, 0.717) is 78.5 Å². The van der Waals surface area contributed by atoms with Crippen molar-refractivity contribution >= 4 is 161 Å². The van der Waals surface area contributed by atoms with Gasteiger partial charge in [0.25, 0.3) is 0 Å². The summed E-state index contributed by atoms with van der Waals surface area (Å²) in [6.07, 6.45) is -3.57. The van der Waals surface area contributed by atoms with E-state index < -0.39 is 61.0 Å².